The molecule has 0 aliphatic rings. The largest absolute Gasteiger partial charge is 0.378 e. The fraction of sp³-hybridized carbons (Fsp3) is 0.133. The standard InChI is InChI=1S/C15H13N3O2/c1-10-7-8-16-9-12(10)14-17-15(20-18-14)13(19)11-5-3-2-4-6-11/h2-9,13,19H,1H3. The number of aliphatic hydroxyl groups is 1. The van der Waals surface area contributed by atoms with E-state index in [0.29, 0.717) is 11.4 Å². The minimum atomic E-state index is -0.922. The Morgan fingerprint density at radius 2 is 1.95 bits per heavy atom. The van der Waals surface area contributed by atoms with Gasteiger partial charge in [-0.1, -0.05) is 35.5 Å². The van der Waals surface area contributed by atoms with Crippen molar-refractivity contribution < 1.29 is 9.63 Å². The topological polar surface area (TPSA) is 72.0 Å². The molecular weight excluding hydrogens is 254 g/mol. The van der Waals surface area contributed by atoms with Crippen molar-refractivity contribution in [2.45, 2.75) is 13.0 Å². The maximum absolute atomic E-state index is 10.2. The van der Waals surface area contributed by atoms with Crippen LogP contribution in [0.4, 0.5) is 0 Å². The molecule has 0 amide bonds. The Bertz CT molecular complexity index is 710. The third-order valence-corrected chi connectivity index (χ3v) is 3.07. The van der Waals surface area contributed by atoms with Gasteiger partial charge in [-0.2, -0.15) is 4.98 Å². The van der Waals surface area contributed by atoms with E-state index in [-0.39, 0.29) is 5.89 Å². The van der Waals surface area contributed by atoms with Crippen LogP contribution >= 0.6 is 0 Å². The number of aromatic nitrogens is 3. The van der Waals surface area contributed by atoms with Crippen LogP contribution in [-0.4, -0.2) is 20.2 Å². The second-order valence-electron chi connectivity index (χ2n) is 4.46. The van der Waals surface area contributed by atoms with Crippen molar-refractivity contribution in [3.63, 3.8) is 0 Å². The molecule has 0 fully saturated rings. The number of hydrogen-bond acceptors (Lipinski definition) is 5. The van der Waals surface area contributed by atoms with E-state index in [9.17, 15) is 5.11 Å². The first-order valence-corrected chi connectivity index (χ1v) is 6.23. The van der Waals surface area contributed by atoms with E-state index in [2.05, 4.69) is 15.1 Å². The second-order valence-corrected chi connectivity index (χ2v) is 4.46. The molecular formula is C15H13N3O2. The predicted octanol–water partition coefficient (Wildman–Crippen LogP) is 2.52. The number of rotatable bonds is 3. The lowest BCUT2D eigenvalue weighted by molar-refractivity contribution is 0.170. The minimum Gasteiger partial charge on any atom is -0.378 e. The van der Waals surface area contributed by atoms with Crippen molar-refractivity contribution in [3.8, 4) is 11.4 Å². The van der Waals surface area contributed by atoms with Crippen LogP contribution in [0.1, 0.15) is 23.1 Å². The van der Waals surface area contributed by atoms with Crippen LogP contribution in [0.2, 0.25) is 0 Å². The summed E-state index contributed by atoms with van der Waals surface area (Å²) in [7, 11) is 0. The molecule has 1 atom stereocenters. The van der Waals surface area contributed by atoms with Crippen molar-refractivity contribution >= 4 is 0 Å². The number of nitrogens with zero attached hydrogens (tertiary/aromatic N) is 3. The smallest absolute Gasteiger partial charge is 0.260 e. The quantitative estimate of drug-likeness (QED) is 0.789. The first kappa shape index (κ1) is 12.5. The van der Waals surface area contributed by atoms with Crippen molar-refractivity contribution in [1.29, 1.82) is 0 Å². The Morgan fingerprint density at radius 3 is 2.70 bits per heavy atom. The van der Waals surface area contributed by atoms with E-state index in [1.54, 1.807) is 12.4 Å². The summed E-state index contributed by atoms with van der Waals surface area (Å²) in [5, 5.41) is 14.1. The Hall–Kier alpha value is -2.53. The van der Waals surface area contributed by atoms with Gasteiger partial charge in [-0.15, -0.1) is 0 Å². The Labute approximate surface area is 115 Å². The predicted molar refractivity (Wildman–Crippen MR) is 72.8 cm³/mol. The van der Waals surface area contributed by atoms with E-state index in [4.69, 9.17) is 4.52 Å². The summed E-state index contributed by atoms with van der Waals surface area (Å²) < 4.78 is 5.15. The normalized spacial score (nSPS) is 12.3. The average molecular weight is 267 g/mol. The molecule has 0 aliphatic heterocycles. The lowest BCUT2D eigenvalue weighted by atomic mass is 10.1. The highest BCUT2D eigenvalue weighted by molar-refractivity contribution is 5.57. The molecule has 0 radical (unpaired) electrons. The lowest BCUT2D eigenvalue weighted by Crippen LogP contribution is -1.99. The zero-order chi connectivity index (χ0) is 13.9. The maximum atomic E-state index is 10.2. The number of hydrogen-bond donors (Lipinski definition) is 1. The van der Waals surface area contributed by atoms with Crippen LogP contribution in [0.5, 0.6) is 0 Å². The number of benzene rings is 1. The summed E-state index contributed by atoms with van der Waals surface area (Å²) in [5.74, 6) is 0.607. The molecule has 1 N–H and O–H groups in total. The molecule has 1 unspecified atom stereocenters. The van der Waals surface area contributed by atoms with Gasteiger partial charge in [0.2, 0.25) is 5.82 Å². The zero-order valence-electron chi connectivity index (χ0n) is 10.9. The first-order chi connectivity index (χ1) is 9.75. The Kier molecular flexibility index (Phi) is 3.26. The molecule has 20 heavy (non-hydrogen) atoms. The summed E-state index contributed by atoms with van der Waals surface area (Å²) in [6.45, 7) is 1.95. The molecule has 5 nitrogen and oxygen atoms in total. The van der Waals surface area contributed by atoms with Crippen LogP contribution in [-0.2, 0) is 0 Å². The van der Waals surface area contributed by atoms with Gasteiger partial charge in [0.05, 0.1) is 0 Å². The highest BCUT2D eigenvalue weighted by Crippen LogP contribution is 2.24. The Morgan fingerprint density at radius 1 is 1.15 bits per heavy atom. The van der Waals surface area contributed by atoms with Gasteiger partial charge in [-0.05, 0) is 24.1 Å². The number of pyridine rings is 1. The van der Waals surface area contributed by atoms with Crippen LogP contribution in [0, 0.1) is 6.92 Å². The van der Waals surface area contributed by atoms with Crippen molar-refractivity contribution in [2.75, 3.05) is 0 Å². The van der Waals surface area contributed by atoms with Gasteiger partial charge < -0.3 is 9.63 Å². The molecule has 3 rings (SSSR count). The fourth-order valence-corrected chi connectivity index (χ4v) is 1.93. The molecule has 0 saturated carbocycles. The average Bonchev–Trinajstić information content (AvgIpc) is 2.97. The Balaban J connectivity index is 1.93. The maximum Gasteiger partial charge on any atom is 0.260 e. The van der Waals surface area contributed by atoms with Crippen LogP contribution < -0.4 is 0 Å². The van der Waals surface area contributed by atoms with Gasteiger partial charge >= 0.3 is 0 Å². The van der Waals surface area contributed by atoms with E-state index >= 15 is 0 Å². The zero-order valence-corrected chi connectivity index (χ0v) is 10.9. The summed E-state index contributed by atoms with van der Waals surface area (Å²) in [6, 6.07) is 11.1. The number of aryl methyl sites for hydroxylation is 1. The van der Waals surface area contributed by atoms with E-state index < -0.39 is 6.10 Å². The monoisotopic (exact) mass is 267 g/mol. The summed E-state index contributed by atoms with van der Waals surface area (Å²) in [4.78, 5) is 8.30. The molecule has 100 valence electrons. The fourth-order valence-electron chi connectivity index (χ4n) is 1.93. The molecule has 2 aromatic heterocycles. The lowest BCUT2D eigenvalue weighted by Gasteiger charge is -2.04. The van der Waals surface area contributed by atoms with E-state index in [1.807, 2.05) is 43.3 Å². The van der Waals surface area contributed by atoms with Crippen LogP contribution in [0.15, 0.2) is 53.3 Å². The van der Waals surface area contributed by atoms with Crippen LogP contribution in [0.25, 0.3) is 11.4 Å². The SMILES string of the molecule is Cc1ccncc1-c1noc(C(O)c2ccccc2)n1. The van der Waals surface area contributed by atoms with Crippen molar-refractivity contribution in [2.24, 2.45) is 0 Å². The molecule has 0 aliphatic carbocycles. The van der Waals surface area contributed by atoms with Gasteiger partial charge in [0.25, 0.3) is 5.89 Å². The molecule has 1 aromatic carbocycles. The van der Waals surface area contributed by atoms with Crippen molar-refractivity contribution in [1.82, 2.24) is 15.1 Å². The molecule has 0 saturated heterocycles. The second kappa shape index (κ2) is 5.22. The van der Waals surface area contributed by atoms with Gasteiger partial charge in [0, 0.05) is 18.0 Å². The minimum absolute atomic E-state index is 0.175. The molecule has 2 heterocycles. The molecule has 5 heteroatoms. The molecule has 0 spiro atoms. The van der Waals surface area contributed by atoms with E-state index in [0.717, 1.165) is 11.1 Å². The highest BCUT2D eigenvalue weighted by Gasteiger charge is 2.19. The van der Waals surface area contributed by atoms with Crippen LogP contribution in [0.3, 0.4) is 0 Å². The number of aliphatic hydroxyl groups excluding tert-OH is 1. The van der Waals surface area contributed by atoms with E-state index in [1.165, 1.54) is 0 Å². The summed E-state index contributed by atoms with van der Waals surface area (Å²) in [5.41, 5.74) is 2.51. The van der Waals surface area contributed by atoms with Gasteiger partial charge in [0.15, 0.2) is 6.10 Å². The molecule has 0 bridgehead atoms. The third-order valence-electron chi connectivity index (χ3n) is 3.07. The molecule has 3 aromatic rings. The van der Waals surface area contributed by atoms with Crippen molar-refractivity contribution in [3.05, 3.63) is 65.8 Å². The highest BCUT2D eigenvalue weighted by atomic mass is 16.5. The summed E-state index contributed by atoms with van der Waals surface area (Å²) in [6.07, 6.45) is 2.46. The third kappa shape index (κ3) is 2.31. The van der Waals surface area contributed by atoms with Gasteiger partial charge in [0.1, 0.15) is 0 Å². The first-order valence-electron chi connectivity index (χ1n) is 6.23. The van der Waals surface area contributed by atoms with Gasteiger partial charge in [-0.3, -0.25) is 4.98 Å². The summed E-state index contributed by atoms with van der Waals surface area (Å²) >= 11 is 0. The van der Waals surface area contributed by atoms with Gasteiger partial charge in [-0.25, -0.2) is 0 Å².